The molecule has 2 aliphatic rings. The number of carbonyl (C=O) groups excluding carboxylic acids is 3. The van der Waals surface area contributed by atoms with Crippen molar-refractivity contribution in [3.8, 4) is 6.07 Å². The van der Waals surface area contributed by atoms with E-state index in [2.05, 4.69) is 32.1 Å². The van der Waals surface area contributed by atoms with Gasteiger partial charge in [-0.25, -0.2) is 9.48 Å². The Morgan fingerprint density at radius 3 is 2.16 bits per heavy atom. The van der Waals surface area contributed by atoms with Gasteiger partial charge in [-0.1, -0.05) is 12.1 Å². The van der Waals surface area contributed by atoms with Crippen molar-refractivity contribution in [3.63, 3.8) is 0 Å². The van der Waals surface area contributed by atoms with Gasteiger partial charge in [0.05, 0.1) is 18.0 Å². The number of fused-ring (bicyclic) bond motifs is 2. The largest absolute Gasteiger partial charge is 0.355 e. The molecule has 4 N–H and O–H groups in total. The number of nitrogens with one attached hydrogen (secondary N) is 4. The van der Waals surface area contributed by atoms with E-state index in [-0.39, 0.29) is 36.0 Å². The minimum atomic E-state index is -0.998. The highest BCUT2D eigenvalue weighted by Gasteiger charge is 2.45. The number of nitriles is 1. The van der Waals surface area contributed by atoms with Crippen LogP contribution >= 0.6 is 0 Å². The Morgan fingerprint density at radius 1 is 1.07 bits per heavy atom. The quantitative estimate of drug-likeness (QED) is 0.302. The van der Waals surface area contributed by atoms with Crippen molar-refractivity contribution in [3.05, 3.63) is 86.1 Å². The summed E-state index contributed by atoms with van der Waals surface area (Å²) in [6, 6.07) is 12.7. The molecule has 12 nitrogen and oxygen atoms in total. The van der Waals surface area contributed by atoms with Gasteiger partial charge in [-0.3, -0.25) is 19.4 Å². The van der Waals surface area contributed by atoms with Gasteiger partial charge in [0, 0.05) is 44.9 Å². The summed E-state index contributed by atoms with van der Waals surface area (Å²) < 4.78 is 1.26. The molecule has 2 heterocycles. The molecule has 0 bridgehead atoms. The van der Waals surface area contributed by atoms with Crippen LogP contribution in [-0.4, -0.2) is 76.7 Å². The Morgan fingerprint density at radius 2 is 1.66 bits per heavy atom. The maximum absolute atomic E-state index is 13.1. The van der Waals surface area contributed by atoms with Crippen LogP contribution in [0.2, 0.25) is 0 Å². The zero-order chi connectivity index (χ0) is 31.6. The Bertz CT molecular complexity index is 1630. The summed E-state index contributed by atoms with van der Waals surface area (Å²) >= 11 is 0. The molecule has 0 spiro atoms. The van der Waals surface area contributed by atoms with Gasteiger partial charge in [0.25, 0.3) is 11.8 Å². The fourth-order valence-electron chi connectivity index (χ4n) is 6.68. The van der Waals surface area contributed by atoms with Crippen molar-refractivity contribution >= 4 is 17.7 Å². The highest BCUT2D eigenvalue weighted by atomic mass is 16.2. The van der Waals surface area contributed by atoms with Crippen molar-refractivity contribution in [2.45, 2.75) is 56.5 Å². The van der Waals surface area contributed by atoms with Crippen LogP contribution in [0.1, 0.15) is 75.0 Å². The van der Waals surface area contributed by atoms with Gasteiger partial charge in [0.1, 0.15) is 11.9 Å². The summed E-state index contributed by atoms with van der Waals surface area (Å²) in [5.74, 6) is -0.119. The molecule has 44 heavy (non-hydrogen) atoms. The molecule has 2 atom stereocenters. The van der Waals surface area contributed by atoms with Crippen LogP contribution in [-0.2, 0) is 30.1 Å². The maximum atomic E-state index is 13.1. The summed E-state index contributed by atoms with van der Waals surface area (Å²) in [5.41, 5.74) is 3.28. The van der Waals surface area contributed by atoms with Crippen LogP contribution in [0.3, 0.4) is 0 Å². The molecule has 0 radical (unpaired) electrons. The number of carbonyl (C=O) groups is 3. The van der Waals surface area contributed by atoms with E-state index in [1.807, 2.05) is 31.2 Å². The van der Waals surface area contributed by atoms with Gasteiger partial charge in [0.15, 0.2) is 0 Å². The summed E-state index contributed by atoms with van der Waals surface area (Å²) in [6.07, 6.45) is 3.06. The second-order valence-electron chi connectivity index (χ2n) is 11.6. The Balaban J connectivity index is 1.65. The van der Waals surface area contributed by atoms with Gasteiger partial charge in [0.2, 0.25) is 5.91 Å². The molecular formula is C32H38N8O4. The highest BCUT2D eigenvalue weighted by molar-refractivity contribution is 5.95. The van der Waals surface area contributed by atoms with E-state index in [4.69, 9.17) is 0 Å². The summed E-state index contributed by atoms with van der Waals surface area (Å²) in [6.45, 7) is 2.59. The van der Waals surface area contributed by atoms with E-state index in [1.54, 1.807) is 38.2 Å². The van der Waals surface area contributed by atoms with Gasteiger partial charge in [-0.05, 0) is 85.5 Å². The zero-order valence-corrected chi connectivity index (χ0v) is 25.5. The molecule has 12 heteroatoms. The Kier molecular flexibility index (Phi) is 8.69. The number of aromatic nitrogens is 3. The normalized spacial score (nSPS) is 17.5. The van der Waals surface area contributed by atoms with Crippen molar-refractivity contribution in [2.75, 3.05) is 27.2 Å². The molecule has 3 aromatic rings. The van der Waals surface area contributed by atoms with Crippen molar-refractivity contribution in [1.29, 1.82) is 5.26 Å². The molecule has 1 saturated heterocycles. The lowest BCUT2D eigenvalue weighted by Crippen LogP contribution is -2.45. The number of hydrogen-bond acceptors (Lipinski definition) is 7. The fraction of sp³-hybridized carbons (Fsp3) is 0.438. The summed E-state index contributed by atoms with van der Waals surface area (Å²) in [5, 5.41) is 22.9. The molecule has 0 saturated carbocycles. The number of H-pyrrole nitrogens is 1. The number of aryl methyl sites for hydroxylation is 3. The first kappa shape index (κ1) is 30.7. The van der Waals surface area contributed by atoms with Crippen LogP contribution in [0.4, 0.5) is 0 Å². The molecule has 230 valence electrons. The number of hydrogen-bond donors (Lipinski definition) is 4. The molecule has 1 fully saturated rings. The third-order valence-electron chi connectivity index (χ3n) is 8.88. The number of benzene rings is 2. The standard InChI is InChI=1S/C32H38N8O4/c1-19(36-18-27(41)40-13-5-6-24(40)17-33)16-32(30-37-31(44)39(4)38-30)25-11-9-22(28(42)34-2)14-20(25)7-8-21-15-23(29(43)35-3)10-12-26(21)32/h9-12,14-15,19,24,36H,5-8,13,16,18H2,1-4H3,(H,34,42)(H,35,43)(H,37,38,44)/t19-,24-/m0/s1. The van der Waals surface area contributed by atoms with Crippen LogP contribution in [0.25, 0.3) is 0 Å². The molecule has 1 aromatic heterocycles. The third-order valence-corrected chi connectivity index (χ3v) is 8.88. The second-order valence-corrected chi connectivity index (χ2v) is 11.6. The Hall–Kier alpha value is -4.76. The van der Waals surface area contributed by atoms with Gasteiger partial charge < -0.3 is 20.9 Å². The molecule has 3 amide bonds. The van der Waals surface area contributed by atoms with Crippen molar-refractivity contribution < 1.29 is 14.4 Å². The molecule has 1 aliphatic carbocycles. The van der Waals surface area contributed by atoms with E-state index >= 15 is 0 Å². The van der Waals surface area contributed by atoms with Crippen LogP contribution in [0.5, 0.6) is 0 Å². The lowest BCUT2D eigenvalue weighted by molar-refractivity contribution is -0.130. The number of aromatic amines is 1. The first-order valence-electron chi connectivity index (χ1n) is 14.9. The number of amides is 3. The lowest BCUT2D eigenvalue weighted by atomic mass is 9.67. The van der Waals surface area contributed by atoms with Crippen LogP contribution in [0.15, 0.2) is 41.2 Å². The number of likely N-dealkylation sites (tertiary alicyclic amines) is 1. The minimum Gasteiger partial charge on any atom is -0.355 e. The van der Waals surface area contributed by atoms with Crippen molar-refractivity contribution in [1.82, 2.24) is 35.6 Å². The smallest absolute Gasteiger partial charge is 0.343 e. The predicted molar refractivity (Wildman–Crippen MR) is 163 cm³/mol. The first-order valence-corrected chi connectivity index (χ1v) is 14.9. The van der Waals surface area contributed by atoms with E-state index in [0.717, 1.165) is 28.7 Å². The third kappa shape index (κ3) is 5.51. The average Bonchev–Trinajstić information content (AvgIpc) is 3.63. The van der Waals surface area contributed by atoms with E-state index < -0.39 is 11.5 Å². The Labute approximate surface area is 255 Å². The number of nitrogens with zero attached hydrogens (tertiary/aromatic N) is 4. The van der Waals surface area contributed by atoms with Crippen LogP contribution < -0.4 is 21.6 Å². The number of rotatable bonds is 8. The minimum absolute atomic E-state index is 0.0547. The topological polar surface area (TPSA) is 165 Å². The maximum Gasteiger partial charge on any atom is 0.343 e. The first-order chi connectivity index (χ1) is 21.1. The zero-order valence-electron chi connectivity index (χ0n) is 25.5. The molecule has 2 aromatic carbocycles. The van der Waals surface area contributed by atoms with Gasteiger partial charge >= 0.3 is 5.69 Å². The molecule has 0 unspecified atom stereocenters. The molecule has 5 rings (SSSR count). The highest BCUT2D eigenvalue weighted by Crippen LogP contribution is 2.47. The predicted octanol–water partition coefficient (Wildman–Crippen LogP) is 1.14. The second kappa shape index (κ2) is 12.5. The SMILES string of the molecule is CNC(=O)c1ccc2c(c1)CCc1cc(C(=O)NC)ccc1C2(C[C@H](C)NCC(=O)N1CCC[C@H]1C#N)c1nn(C)c(=O)[nH]1. The van der Waals surface area contributed by atoms with E-state index in [1.165, 1.54) is 4.68 Å². The average molecular weight is 599 g/mol. The monoisotopic (exact) mass is 598 g/mol. The van der Waals surface area contributed by atoms with Crippen molar-refractivity contribution in [2.24, 2.45) is 7.05 Å². The fourth-order valence-corrected chi connectivity index (χ4v) is 6.68. The molecule has 1 aliphatic heterocycles. The van der Waals surface area contributed by atoms with Crippen LogP contribution in [0, 0.1) is 11.3 Å². The van der Waals surface area contributed by atoms with Gasteiger partial charge in [-0.2, -0.15) is 10.4 Å². The lowest BCUT2D eigenvalue weighted by Gasteiger charge is -2.37. The summed E-state index contributed by atoms with van der Waals surface area (Å²) in [7, 11) is 4.76. The van der Waals surface area contributed by atoms with Gasteiger partial charge in [-0.15, -0.1) is 0 Å². The van der Waals surface area contributed by atoms with E-state index in [9.17, 15) is 24.4 Å². The summed E-state index contributed by atoms with van der Waals surface area (Å²) in [4.78, 5) is 55.8. The van der Waals surface area contributed by atoms with E-state index in [0.29, 0.717) is 49.2 Å². The molecular weight excluding hydrogens is 560 g/mol.